The van der Waals surface area contributed by atoms with Crippen LogP contribution in [-0.4, -0.2) is 16.6 Å². The first-order chi connectivity index (χ1) is 11.4. The number of unbranched alkanes of at least 4 members (excludes halogenated alkanes) is 1. The van der Waals surface area contributed by atoms with E-state index in [0.717, 1.165) is 25.0 Å². The second kappa shape index (κ2) is 6.46. The Morgan fingerprint density at radius 1 is 1.25 bits per heavy atom. The summed E-state index contributed by atoms with van der Waals surface area (Å²) in [6, 6.07) is 8.35. The number of hydrogen-bond acceptors (Lipinski definition) is 2. The quantitative estimate of drug-likeness (QED) is 0.714. The van der Waals surface area contributed by atoms with Crippen LogP contribution in [0, 0.1) is 5.92 Å². The number of rotatable bonds is 3. The summed E-state index contributed by atoms with van der Waals surface area (Å²) in [5.74, 6) is 0.235. The van der Waals surface area contributed by atoms with Gasteiger partial charge in [0.1, 0.15) is 5.60 Å². The lowest BCUT2D eigenvalue weighted by atomic mass is 9.86. The van der Waals surface area contributed by atoms with Gasteiger partial charge < -0.3 is 4.74 Å². The zero-order valence-corrected chi connectivity index (χ0v) is 15.1. The summed E-state index contributed by atoms with van der Waals surface area (Å²) in [5.41, 5.74) is 3.01. The molecule has 3 heteroatoms. The van der Waals surface area contributed by atoms with Crippen LogP contribution in [0.15, 0.2) is 42.1 Å². The molecule has 0 unspecified atom stereocenters. The second-order valence-corrected chi connectivity index (χ2v) is 7.62. The Bertz CT molecular complexity index is 681. The molecule has 3 nitrogen and oxygen atoms in total. The van der Waals surface area contributed by atoms with Crippen molar-refractivity contribution in [3.05, 3.63) is 53.2 Å². The molecule has 0 saturated carbocycles. The predicted octanol–water partition coefficient (Wildman–Crippen LogP) is 5.70. The van der Waals surface area contributed by atoms with E-state index in [2.05, 4.69) is 37.3 Å². The number of hydrogen-bond donors (Lipinski definition) is 0. The van der Waals surface area contributed by atoms with Gasteiger partial charge in [0.15, 0.2) is 0 Å². The molecule has 2 aliphatic rings. The van der Waals surface area contributed by atoms with Gasteiger partial charge in [-0.2, -0.15) is 0 Å². The molecule has 0 spiro atoms. The van der Waals surface area contributed by atoms with Crippen LogP contribution < -0.4 is 0 Å². The molecular formula is C21H27NO2. The maximum Gasteiger partial charge on any atom is 0.415 e. The van der Waals surface area contributed by atoms with Crippen LogP contribution in [0.1, 0.15) is 64.1 Å². The highest BCUT2D eigenvalue weighted by molar-refractivity contribution is 5.74. The smallest absolute Gasteiger partial charge is 0.415 e. The maximum absolute atomic E-state index is 12.9. The second-order valence-electron chi connectivity index (χ2n) is 7.62. The monoisotopic (exact) mass is 325 g/mol. The molecule has 1 aromatic rings. The third kappa shape index (κ3) is 3.26. The first-order valence-corrected chi connectivity index (χ1v) is 8.91. The molecule has 1 aliphatic heterocycles. The fourth-order valence-electron chi connectivity index (χ4n) is 3.50. The SMILES string of the molecule is CCCCC1=C[C@H]2C=Cc3ccccc3[C@H]2N1C(=O)OC(C)(C)C. The summed E-state index contributed by atoms with van der Waals surface area (Å²) in [7, 11) is 0. The van der Waals surface area contributed by atoms with Gasteiger partial charge in [-0.25, -0.2) is 4.79 Å². The Morgan fingerprint density at radius 3 is 2.71 bits per heavy atom. The van der Waals surface area contributed by atoms with Crippen LogP contribution >= 0.6 is 0 Å². The van der Waals surface area contributed by atoms with Gasteiger partial charge in [-0.1, -0.05) is 55.8 Å². The van der Waals surface area contributed by atoms with Crippen molar-refractivity contribution in [1.82, 2.24) is 4.90 Å². The van der Waals surface area contributed by atoms with E-state index in [0.29, 0.717) is 0 Å². The van der Waals surface area contributed by atoms with Gasteiger partial charge in [0.05, 0.1) is 6.04 Å². The summed E-state index contributed by atoms with van der Waals surface area (Å²) in [6.45, 7) is 7.93. The van der Waals surface area contributed by atoms with Crippen molar-refractivity contribution >= 4 is 12.2 Å². The van der Waals surface area contributed by atoms with Gasteiger partial charge in [0.25, 0.3) is 0 Å². The molecule has 0 saturated heterocycles. The van der Waals surface area contributed by atoms with Crippen molar-refractivity contribution in [2.24, 2.45) is 5.92 Å². The van der Waals surface area contributed by atoms with Crippen LogP contribution in [0.3, 0.4) is 0 Å². The highest BCUT2D eigenvalue weighted by Gasteiger charge is 2.41. The van der Waals surface area contributed by atoms with Gasteiger partial charge >= 0.3 is 6.09 Å². The van der Waals surface area contributed by atoms with E-state index in [1.165, 1.54) is 11.1 Å². The molecule has 1 amide bonds. The Morgan fingerprint density at radius 2 is 2.00 bits per heavy atom. The van der Waals surface area contributed by atoms with E-state index >= 15 is 0 Å². The number of carbonyl (C=O) groups excluding carboxylic acids is 1. The number of benzene rings is 1. The fourth-order valence-corrected chi connectivity index (χ4v) is 3.50. The molecule has 2 atom stereocenters. The van der Waals surface area contributed by atoms with E-state index in [1.54, 1.807) is 0 Å². The van der Waals surface area contributed by atoms with Gasteiger partial charge in [-0.3, -0.25) is 4.90 Å². The molecule has 0 aromatic heterocycles. The van der Waals surface area contributed by atoms with Crippen molar-refractivity contribution in [2.45, 2.75) is 58.6 Å². The first-order valence-electron chi connectivity index (χ1n) is 8.91. The number of ether oxygens (including phenoxy) is 1. The lowest BCUT2D eigenvalue weighted by Crippen LogP contribution is -2.38. The van der Waals surface area contributed by atoms with Gasteiger partial charge in [0, 0.05) is 11.6 Å². The topological polar surface area (TPSA) is 29.5 Å². The summed E-state index contributed by atoms with van der Waals surface area (Å²) in [4.78, 5) is 14.8. The maximum atomic E-state index is 12.9. The number of carbonyl (C=O) groups is 1. The lowest BCUT2D eigenvalue weighted by Gasteiger charge is -2.34. The highest BCUT2D eigenvalue weighted by atomic mass is 16.6. The Balaban J connectivity index is 1.96. The molecular weight excluding hydrogens is 298 g/mol. The number of fused-ring (bicyclic) bond motifs is 3. The first kappa shape index (κ1) is 16.8. The molecule has 0 N–H and O–H groups in total. The predicted molar refractivity (Wildman–Crippen MR) is 97.4 cm³/mol. The average Bonchev–Trinajstić information content (AvgIpc) is 2.90. The highest BCUT2D eigenvalue weighted by Crippen LogP contribution is 2.46. The van der Waals surface area contributed by atoms with E-state index in [-0.39, 0.29) is 18.1 Å². The molecule has 1 aromatic carbocycles. The molecule has 24 heavy (non-hydrogen) atoms. The zero-order chi connectivity index (χ0) is 17.3. The molecule has 0 fully saturated rings. The Labute approximate surface area is 145 Å². The van der Waals surface area contributed by atoms with E-state index in [1.807, 2.05) is 37.8 Å². The van der Waals surface area contributed by atoms with Crippen molar-refractivity contribution in [1.29, 1.82) is 0 Å². The van der Waals surface area contributed by atoms with Crippen molar-refractivity contribution in [2.75, 3.05) is 0 Å². The Kier molecular flexibility index (Phi) is 4.53. The van der Waals surface area contributed by atoms with E-state index in [4.69, 9.17) is 4.74 Å². The largest absolute Gasteiger partial charge is 0.443 e. The van der Waals surface area contributed by atoms with Gasteiger partial charge in [-0.05, 0) is 44.7 Å². The molecule has 0 bridgehead atoms. The summed E-state index contributed by atoms with van der Waals surface area (Å²) >= 11 is 0. The summed E-state index contributed by atoms with van der Waals surface area (Å²) in [5, 5.41) is 0. The van der Waals surface area contributed by atoms with E-state index < -0.39 is 5.60 Å². The molecule has 1 heterocycles. The van der Waals surface area contributed by atoms with Crippen LogP contribution in [0.5, 0.6) is 0 Å². The molecule has 3 rings (SSSR count). The zero-order valence-electron chi connectivity index (χ0n) is 15.1. The average molecular weight is 325 g/mol. The van der Waals surface area contributed by atoms with Crippen molar-refractivity contribution in [3.63, 3.8) is 0 Å². The number of allylic oxidation sites excluding steroid dienone is 1. The third-order valence-corrected chi connectivity index (χ3v) is 4.53. The van der Waals surface area contributed by atoms with Crippen LogP contribution in [0.4, 0.5) is 4.79 Å². The van der Waals surface area contributed by atoms with E-state index in [9.17, 15) is 4.79 Å². The fraction of sp³-hybridized carbons (Fsp3) is 0.476. The van der Waals surface area contributed by atoms with Gasteiger partial charge in [0.2, 0.25) is 0 Å². The normalized spacial score (nSPS) is 22.0. The number of amides is 1. The van der Waals surface area contributed by atoms with Crippen LogP contribution in [-0.2, 0) is 4.74 Å². The van der Waals surface area contributed by atoms with Crippen LogP contribution in [0.2, 0.25) is 0 Å². The molecule has 128 valence electrons. The van der Waals surface area contributed by atoms with Crippen LogP contribution in [0.25, 0.3) is 6.08 Å². The standard InChI is InChI=1S/C21H27NO2/c1-5-6-10-17-14-16-13-12-15-9-7-8-11-18(15)19(16)22(17)20(23)24-21(2,3)4/h7-9,11-14,16,19H,5-6,10H2,1-4H3/t16-,19+/m1/s1. The third-order valence-electron chi connectivity index (χ3n) is 4.53. The lowest BCUT2D eigenvalue weighted by molar-refractivity contribution is 0.0240. The van der Waals surface area contributed by atoms with Crippen molar-refractivity contribution in [3.8, 4) is 0 Å². The molecule has 1 aliphatic carbocycles. The number of nitrogens with zero attached hydrogens (tertiary/aromatic N) is 1. The Hall–Kier alpha value is -2.03. The summed E-state index contributed by atoms with van der Waals surface area (Å²) in [6.07, 6.45) is 9.50. The summed E-state index contributed by atoms with van der Waals surface area (Å²) < 4.78 is 5.72. The molecule has 0 radical (unpaired) electrons. The van der Waals surface area contributed by atoms with Gasteiger partial charge in [-0.15, -0.1) is 0 Å². The minimum Gasteiger partial charge on any atom is -0.443 e. The minimum absolute atomic E-state index is 0.0212. The van der Waals surface area contributed by atoms with Crippen molar-refractivity contribution < 1.29 is 9.53 Å². The minimum atomic E-state index is -0.491.